The Morgan fingerprint density at radius 3 is 2.50 bits per heavy atom. The number of rotatable bonds is 3. The molecule has 0 N–H and O–H groups in total. The molecule has 1 atom stereocenters. The molecule has 28 heavy (non-hydrogen) atoms. The molecule has 0 bridgehead atoms. The van der Waals surface area contributed by atoms with Crippen molar-refractivity contribution in [3.63, 3.8) is 0 Å². The second-order valence-electron chi connectivity index (χ2n) is 6.36. The number of aliphatic imine (C=N–C) groups is 2. The summed E-state index contributed by atoms with van der Waals surface area (Å²) in [6.07, 6.45) is 3.96. The van der Waals surface area contributed by atoms with E-state index in [-0.39, 0.29) is 17.4 Å². The van der Waals surface area contributed by atoms with E-state index in [1.54, 1.807) is 21.9 Å². The summed E-state index contributed by atoms with van der Waals surface area (Å²) in [4.78, 5) is 43.3. The SMILES string of the molecule is O=C1N=CC=NC1C(=O)N1CCN(c2ncnc(-c3ccccc3)c2F)CC1. The van der Waals surface area contributed by atoms with Gasteiger partial charge in [-0.25, -0.2) is 19.4 Å². The lowest BCUT2D eigenvalue weighted by atomic mass is 10.1. The zero-order chi connectivity index (χ0) is 19.5. The number of anilines is 1. The predicted molar refractivity (Wildman–Crippen MR) is 102 cm³/mol. The first kappa shape index (κ1) is 17.9. The van der Waals surface area contributed by atoms with Crippen molar-refractivity contribution in [3.8, 4) is 11.3 Å². The lowest BCUT2D eigenvalue weighted by Crippen LogP contribution is -2.53. The molecule has 0 saturated carbocycles. The van der Waals surface area contributed by atoms with E-state index < -0.39 is 17.8 Å². The van der Waals surface area contributed by atoms with E-state index >= 15 is 4.39 Å². The Morgan fingerprint density at radius 1 is 1.04 bits per heavy atom. The maximum atomic E-state index is 15.0. The summed E-state index contributed by atoms with van der Waals surface area (Å²) >= 11 is 0. The summed E-state index contributed by atoms with van der Waals surface area (Å²) in [5, 5.41) is 0. The summed E-state index contributed by atoms with van der Waals surface area (Å²) in [6.45, 7) is 1.46. The Morgan fingerprint density at radius 2 is 1.79 bits per heavy atom. The third-order valence-electron chi connectivity index (χ3n) is 4.68. The van der Waals surface area contributed by atoms with Gasteiger partial charge in [0.2, 0.25) is 6.04 Å². The molecule has 9 heteroatoms. The molecule has 1 aromatic carbocycles. The van der Waals surface area contributed by atoms with E-state index in [2.05, 4.69) is 20.0 Å². The van der Waals surface area contributed by atoms with Crippen LogP contribution in [0, 0.1) is 5.82 Å². The molecule has 0 aliphatic carbocycles. The van der Waals surface area contributed by atoms with E-state index in [0.717, 1.165) is 0 Å². The largest absolute Gasteiger partial charge is 0.351 e. The van der Waals surface area contributed by atoms with Gasteiger partial charge in [0.1, 0.15) is 12.0 Å². The highest BCUT2D eigenvalue weighted by atomic mass is 19.1. The number of carbonyl (C=O) groups excluding carboxylic acids is 2. The second-order valence-corrected chi connectivity index (χ2v) is 6.36. The smallest absolute Gasteiger partial charge is 0.280 e. The van der Waals surface area contributed by atoms with E-state index in [9.17, 15) is 9.59 Å². The molecule has 1 saturated heterocycles. The molecule has 4 rings (SSSR count). The fourth-order valence-corrected chi connectivity index (χ4v) is 3.22. The van der Waals surface area contributed by atoms with Crippen LogP contribution in [0.15, 0.2) is 46.6 Å². The average molecular weight is 380 g/mol. The Hall–Kier alpha value is -3.49. The molecule has 2 amide bonds. The van der Waals surface area contributed by atoms with Gasteiger partial charge in [0, 0.05) is 44.2 Å². The first-order valence-electron chi connectivity index (χ1n) is 8.84. The predicted octanol–water partition coefficient (Wildman–Crippen LogP) is 0.982. The quantitative estimate of drug-likeness (QED) is 0.741. The van der Waals surface area contributed by atoms with Gasteiger partial charge in [-0.1, -0.05) is 30.3 Å². The third-order valence-corrected chi connectivity index (χ3v) is 4.68. The summed E-state index contributed by atoms with van der Waals surface area (Å²) in [6, 6.07) is 7.95. The highest BCUT2D eigenvalue weighted by Gasteiger charge is 2.33. The van der Waals surface area contributed by atoms with E-state index in [1.165, 1.54) is 18.8 Å². The minimum Gasteiger partial charge on any atom is -0.351 e. The highest BCUT2D eigenvalue weighted by molar-refractivity contribution is 6.24. The molecule has 3 heterocycles. The molecule has 0 spiro atoms. The summed E-state index contributed by atoms with van der Waals surface area (Å²) < 4.78 is 15.0. The molecular formula is C19H17FN6O2. The zero-order valence-corrected chi connectivity index (χ0v) is 14.9. The van der Waals surface area contributed by atoms with Gasteiger partial charge in [-0.15, -0.1) is 0 Å². The van der Waals surface area contributed by atoms with E-state index in [4.69, 9.17) is 0 Å². The summed E-state index contributed by atoms with van der Waals surface area (Å²) in [7, 11) is 0. The Balaban J connectivity index is 1.47. The van der Waals surface area contributed by atoms with Crippen LogP contribution >= 0.6 is 0 Å². The molecule has 1 aromatic heterocycles. The van der Waals surface area contributed by atoms with Gasteiger partial charge >= 0.3 is 0 Å². The number of carbonyl (C=O) groups is 2. The fourth-order valence-electron chi connectivity index (χ4n) is 3.22. The van der Waals surface area contributed by atoms with Crippen molar-refractivity contribution >= 4 is 30.1 Å². The normalized spacial score (nSPS) is 19.2. The van der Waals surface area contributed by atoms with Crippen molar-refractivity contribution in [2.24, 2.45) is 9.98 Å². The number of hydrogen-bond acceptors (Lipinski definition) is 6. The minimum absolute atomic E-state index is 0.206. The van der Waals surface area contributed by atoms with Crippen LogP contribution in [0.5, 0.6) is 0 Å². The van der Waals surface area contributed by atoms with Crippen molar-refractivity contribution in [2.75, 3.05) is 31.1 Å². The van der Waals surface area contributed by atoms with Crippen molar-refractivity contribution in [1.29, 1.82) is 0 Å². The number of nitrogens with zero attached hydrogens (tertiary/aromatic N) is 6. The van der Waals surface area contributed by atoms with Crippen LogP contribution in [0.1, 0.15) is 0 Å². The van der Waals surface area contributed by atoms with Gasteiger partial charge in [0.15, 0.2) is 11.6 Å². The molecule has 2 aliphatic rings. The number of halogens is 1. The number of piperazine rings is 1. The maximum Gasteiger partial charge on any atom is 0.280 e. The van der Waals surface area contributed by atoms with E-state index in [1.807, 2.05) is 18.2 Å². The Bertz CT molecular complexity index is 954. The van der Waals surface area contributed by atoms with Crippen LogP contribution in [0.4, 0.5) is 10.2 Å². The number of benzene rings is 1. The molecule has 8 nitrogen and oxygen atoms in total. The second kappa shape index (κ2) is 7.63. The van der Waals surface area contributed by atoms with E-state index in [0.29, 0.717) is 31.7 Å². The Kier molecular flexibility index (Phi) is 4.88. The van der Waals surface area contributed by atoms with Crippen LogP contribution in [-0.2, 0) is 9.59 Å². The van der Waals surface area contributed by atoms with Crippen LogP contribution in [0.2, 0.25) is 0 Å². The monoisotopic (exact) mass is 380 g/mol. The van der Waals surface area contributed by atoms with Crippen molar-refractivity contribution in [1.82, 2.24) is 14.9 Å². The van der Waals surface area contributed by atoms with Gasteiger partial charge in [-0.3, -0.25) is 14.6 Å². The lowest BCUT2D eigenvalue weighted by molar-refractivity contribution is -0.137. The lowest BCUT2D eigenvalue weighted by Gasteiger charge is -2.36. The summed E-state index contributed by atoms with van der Waals surface area (Å²) in [5.74, 6) is -1.23. The molecule has 1 unspecified atom stereocenters. The van der Waals surface area contributed by atoms with Gasteiger partial charge < -0.3 is 9.80 Å². The van der Waals surface area contributed by atoms with Crippen LogP contribution in [-0.4, -0.2) is 71.3 Å². The first-order chi connectivity index (χ1) is 13.6. The van der Waals surface area contributed by atoms with Gasteiger partial charge in [0.25, 0.3) is 11.8 Å². The molecule has 142 valence electrons. The first-order valence-corrected chi connectivity index (χ1v) is 8.84. The van der Waals surface area contributed by atoms with Gasteiger partial charge in [-0.05, 0) is 0 Å². The van der Waals surface area contributed by atoms with Crippen molar-refractivity contribution in [2.45, 2.75) is 6.04 Å². The number of aromatic nitrogens is 2. The topological polar surface area (TPSA) is 91.1 Å². The van der Waals surface area contributed by atoms with Crippen molar-refractivity contribution in [3.05, 3.63) is 42.5 Å². The van der Waals surface area contributed by atoms with Crippen molar-refractivity contribution < 1.29 is 14.0 Å². The Labute approximate surface area is 160 Å². The van der Waals surface area contributed by atoms with Crippen LogP contribution in [0.25, 0.3) is 11.3 Å². The zero-order valence-electron chi connectivity index (χ0n) is 14.9. The summed E-state index contributed by atoms with van der Waals surface area (Å²) in [5.41, 5.74) is 0.913. The molecule has 0 radical (unpaired) electrons. The number of amides is 2. The molecular weight excluding hydrogens is 363 g/mol. The number of hydrogen-bond donors (Lipinski definition) is 0. The molecule has 2 aliphatic heterocycles. The standard InChI is InChI=1S/C19H17FN6O2/c20-14-15(13-4-2-1-3-5-13)23-12-24-17(14)25-8-10-26(11-9-25)19(28)16-18(27)22-7-6-21-16/h1-7,12,16H,8-11H2. The third kappa shape index (κ3) is 3.38. The minimum atomic E-state index is -1.11. The molecule has 2 aromatic rings. The van der Waals surface area contributed by atoms with Crippen LogP contribution < -0.4 is 4.90 Å². The van der Waals surface area contributed by atoms with Crippen LogP contribution in [0.3, 0.4) is 0 Å². The highest BCUT2D eigenvalue weighted by Crippen LogP contribution is 2.26. The molecule has 1 fully saturated rings. The van der Waals surface area contributed by atoms with Gasteiger partial charge in [-0.2, -0.15) is 0 Å². The average Bonchev–Trinajstić information content (AvgIpc) is 2.75. The fraction of sp³-hybridized carbons (Fsp3) is 0.263. The van der Waals surface area contributed by atoms with Gasteiger partial charge in [0.05, 0.1) is 0 Å². The maximum absolute atomic E-state index is 15.0.